The maximum Gasteiger partial charge on any atom is 0.339 e. The molecular weight excluding hydrogens is 358 g/mol. The van der Waals surface area contributed by atoms with E-state index in [1.807, 2.05) is 10.3 Å². The van der Waals surface area contributed by atoms with Gasteiger partial charge in [-0.25, -0.2) is 9.59 Å². The van der Waals surface area contributed by atoms with Crippen LogP contribution in [0.5, 0.6) is 0 Å². The fourth-order valence-corrected chi connectivity index (χ4v) is 3.61. The molecule has 1 amide bonds. The maximum absolute atomic E-state index is 12.5. The molecule has 0 aromatic heterocycles. The maximum atomic E-state index is 12.5. The molecule has 0 unspecified atom stereocenters. The second kappa shape index (κ2) is 7.61. The molecule has 1 N–H and O–H groups in total. The van der Waals surface area contributed by atoms with Crippen molar-refractivity contribution in [2.24, 2.45) is 4.99 Å². The van der Waals surface area contributed by atoms with Gasteiger partial charge in [0.15, 0.2) is 5.17 Å². The normalized spacial score (nSPS) is 15.1. The predicted octanol–water partition coefficient (Wildman–Crippen LogP) is 1.85. The van der Waals surface area contributed by atoms with E-state index in [0.29, 0.717) is 0 Å². The van der Waals surface area contributed by atoms with Crippen LogP contribution in [0.25, 0.3) is 0 Å². The molecule has 1 aromatic carbocycles. The van der Waals surface area contributed by atoms with Gasteiger partial charge in [-0.1, -0.05) is 11.8 Å². The Morgan fingerprint density at radius 3 is 2.73 bits per heavy atom. The average molecular weight is 375 g/mol. The smallest absolute Gasteiger partial charge is 0.339 e. The van der Waals surface area contributed by atoms with Crippen molar-refractivity contribution < 1.29 is 23.9 Å². The third-order valence-electron chi connectivity index (χ3n) is 3.91. The Balaban J connectivity index is 1.78. The first-order valence-electron chi connectivity index (χ1n) is 7.81. The van der Waals surface area contributed by atoms with Gasteiger partial charge in [0, 0.05) is 12.2 Å². The summed E-state index contributed by atoms with van der Waals surface area (Å²) in [5.41, 5.74) is 1.44. The van der Waals surface area contributed by atoms with Gasteiger partial charge in [0.05, 0.1) is 44.0 Å². The lowest BCUT2D eigenvalue weighted by Gasteiger charge is -2.17. The van der Waals surface area contributed by atoms with E-state index >= 15 is 0 Å². The van der Waals surface area contributed by atoms with Crippen molar-refractivity contribution in [1.29, 1.82) is 0 Å². The van der Waals surface area contributed by atoms with Crippen LogP contribution in [0.15, 0.2) is 34.3 Å². The fraction of sp³-hybridized carbons (Fsp3) is 0.294. The zero-order valence-electron chi connectivity index (χ0n) is 14.3. The van der Waals surface area contributed by atoms with Gasteiger partial charge < -0.3 is 19.7 Å². The van der Waals surface area contributed by atoms with Gasteiger partial charge in [0.1, 0.15) is 0 Å². The van der Waals surface area contributed by atoms with Gasteiger partial charge in [-0.2, -0.15) is 0 Å². The Morgan fingerprint density at radius 2 is 2.00 bits per heavy atom. The van der Waals surface area contributed by atoms with E-state index in [4.69, 9.17) is 4.74 Å². The zero-order chi connectivity index (χ0) is 18.7. The monoisotopic (exact) mass is 375 g/mol. The molecule has 3 rings (SSSR count). The van der Waals surface area contributed by atoms with Crippen LogP contribution in [0.3, 0.4) is 0 Å². The average Bonchev–Trinajstić information content (AvgIpc) is 3.25. The number of amidine groups is 1. The van der Waals surface area contributed by atoms with Crippen LogP contribution in [0.2, 0.25) is 0 Å². The fourth-order valence-electron chi connectivity index (χ4n) is 2.65. The van der Waals surface area contributed by atoms with Gasteiger partial charge in [0.2, 0.25) is 5.91 Å². The minimum Gasteiger partial charge on any atom is -0.465 e. The van der Waals surface area contributed by atoms with Gasteiger partial charge in [-0.15, -0.1) is 0 Å². The largest absolute Gasteiger partial charge is 0.465 e. The molecule has 0 saturated heterocycles. The lowest BCUT2D eigenvalue weighted by molar-refractivity contribution is -0.115. The first-order valence-corrected chi connectivity index (χ1v) is 8.69. The summed E-state index contributed by atoms with van der Waals surface area (Å²) >= 11 is 1.49. The number of methoxy groups -OCH3 is 2. The van der Waals surface area contributed by atoms with E-state index in [2.05, 4.69) is 15.0 Å². The van der Waals surface area contributed by atoms with E-state index in [1.54, 1.807) is 0 Å². The molecule has 1 aromatic rings. The second-order valence-corrected chi connectivity index (χ2v) is 6.35. The highest BCUT2D eigenvalue weighted by Crippen LogP contribution is 2.31. The van der Waals surface area contributed by atoms with Crippen molar-refractivity contribution in [2.45, 2.75) is 6.42 Å². The molecule has 0 radical (unpaired) electrons. The van der Waals surface area contributed by atoms with E-state index in [0.717, 1.165) is 24.0 Å². The molecule has 2 aliphatic rings. The number of carbonyl (C=O) groups excluding carboxylic acids is 3. The highest BCUT2D eigenvalue weighted by Gasteiger charge is 2.27. The molecule has 136 valence electrons. The summed E-state index contributed by atoms with van der Waals surface area (Å²) in [5.74, 6) is -1.48. The molecule has 0 aliphatic carbocycles. The van der Waals surface area contributed by atoms with Crippen molar-refractivity contribution in [2.75, 3.05) is 32.6 Å². The number of aliphatic imine (C=N–C) groups is 1. The van der Waals surface area contributed by atoms with E-state index in [-0.39, 0.29) is 29.1 Å². The molecule has 0 saturated carbocycles. The summed E-state index contributed by atoms with van der Waals surface area (Å²) in [5, 5.41) is 5.48. The van der Waals surface area contributed by atoms with Crippen LogP contribution < -0.4 is 5.32 Å². The molecular formula is C17H17N3O5S. The lowest BCUT2D eigenvalue weighted by Crippen LogP contribution is -2.25. The zero-order valence-corrected chi connectivity index (χ0v) is 15.1. The van der Waals surface area contributed by atoms with Gasteiger partial charge in [0.25, 0.3) is 0 Å². The number of nitrogens with zero attached hydrogens (tertiary/aromatic N) is 2. The topological polar surface area (TPSA) is 97.3 Å². The quantitative estimate of drug-likeness (QED) is 0.784. The number of esters is 2. The van der Waals surface area contributed by atoms with Crippen molar-refractivity contribution in [3.63, 3.8) is 0 Å². The number of ether oxygens (including phenoxy) is 2. The number of hydrogen-bond donors (Lipinski definition) is 1. The molecule has 0 atom stereocenters. The minimum atomic E-state index is -0.610. The van der Waals surface area contributed by atoms with E-state index < -0.39 is 11.9 Å². The van der Waals surface area contributed by atoms with Crippen LogP contribution in [-0.4, -0.2) is 55.2 Å². The summed E-state index contributed by atoms with van der Waals surface area (Å²) in [6.45, 7) is 1.47. The number of benzene rings is 1. The third-order valence-corrected chi connectivity index (χ3v) is 4.86. The minimum absolute atomic E-state index is 0.134. The highest BCUT2D eigenvalue weighted by molar-refractivity contribution is 8.16. The number of nitrogens with one attached hydrogen (secondary N) is 1. The Morgan fingerprint density at radius 1 is 1.23 bits per heavy atom. The van der Waals surface area contributed by atoms with Gasteiger partial charge in [-0.3, -0.25) is 9.79 Å². The van der Waals surface area contributed by atoms with Crippen LogP contribution >= 0.6 is 11.8 Å². The Kier molecular flexibility index (Phi) is 5.27. The number of rotatable bonds is 5. The Hall–Kier alpha value is -2.81. The second-order valence-electron chi connectivity index (χ2n) is 5.51. The van der Waals surface area contributed by atoms with Gasteiger partial charge in [-0.05, 0) is 23.6 Å². The number of thioether (sulfide) groups is 1. The Bertz CT molecular complexity index is 834. The summed E-state index contributed by atoms with van der Waals surface area (Å²) in [6, 6.07) is 4.26. The summed E-state index contributed by atoms with van der Waals surface area (Å²) in [7, 11) is 2.51. The molecule has 0 spiro atoms. The standard InChI is InChI=1S/C17H17N3O5S/c1-24-15(22)10-3-4-12(16(23)25-2)13(7-10)19-14(21)8-11-9-26-17-18-5-6-20(11)17/h3-4,7,9H,5-6,8H2,1-2H3,(H,19,21). The number of anilines is 1. The lowest BCUT2D eigenvalue weighted by atomic mass is 10.1. The first-order chi connectivity index (χ1) is 12.5. The predicted molar refractivity (Wildman–Crippen MR) is 97.0 cm³/mol. The third kappa shape index (κ3) is 3.57. The molecule has 0 bridgehead atoms. The van der Waals surface area contributed by atoms with Crippen molar-refractivity contribution in [3.05, 3.63) is 40.4 Å². The highest BCUT2D eigenvalue weighted by atomic mass is 32.2. The summed E-state index contributed by atoms with van der Waals surface area (Å²) < 4.78 is 9.41. The van der Waals surface area contributed by atoms with Crippen LogP contribution in [0, 0.1) is 0 Å². The van der Waals surface area contributed by atoms with Crippen LogP contribution in [0.4, 0.5) is 5.69 Å². The van der Waals surface area contributed by atoms with E-state index in [9.17, 15) is 14.4 Å². The molecule has 2 aliphatic heterocycles. The molecule has 2 heterocycles. The number of carbonyl (C=O) groups is 3. The van der Waals surface area contributed by atoms with Gasteiger partial charge >= 0.3 is 11.9 Å². The number of fused-ring (bicyclic) bond motifs is 1. The van der Waals surface area contributed by atoms with Crippen molar-refractivity contribution in [3.8, 4) is 0 Å². The van der Waals surface area contributed by atoms with Crippen LogP contribution in [-0.2, 0) is 14.3 Å². The summed E-state index contributed by atoms with van der Waals surface area (Å²) in [4.78, 5) is 42.5. The Labute approximate surface area is 154 Å². The first kappa shape index (κ1) is 18.0. The summed E-state index contributed by atoms with van der Waals surface area (Å²) in [6.07, 6.45) is 0.134. The molecule has 9 heteroatoms. The molecule has 26 heavy (non-hydrogen) atoms. The van der Waals surface area contributed by atoms with E-state index in [1.165, 1.54) is 44.2 Å². The van der Waals surface area contributed by atoms with Crippen molar-refractivity contribution >= 4 is 40.5 Å². The number of hydrogen-bond acceptors (Lipinski definition) is 8. The van der Waals surface area contributed by atoms with Crippen LogP contribution in [0.1, 0.15) is 27.1 Å². The SMILES string of the molecule is COC(=O)c1ccc(C(=O)OC)c(NC(=O)CC2=CSC3=NCCN23)c1. The number of amides is 1. The molecule has 0 fully saturated rings. The molecule has 8 nitrogen and oxygen atoms in total. The van der Waals surface area contributed by atoms with Crippen molar-refractivity contribution in [1.82, 2.24) is 4.90 Å².